The first-order valence-corrected chi connectivity index (χ1v) is 12.2. The van der Waals surface area contributed by atoms with Crippen molar-refractivity contribution in [3.8, 4) is 23.0 Å². The Balaban J connectivity index is 1.41. The predicted octanol–water partition coefficient (Wildman–Crippen LogP) is 4.58. The van der Waals surface area contributed by atoms with E-state index in [0.717, 1.165) is 10.7 Å². The Morgan fingerprint density at radius 3 is 2.91 bits per heavy atom. The minimum Gasteiger partial charge on any atom is -0.497 e. The van der Waals surface area contributed by atoms with Crippen molar-refractivity contribution in [2.24, 2.45) is 0 Å². The second kappa shape index (κ2) is 10.2. The average molecular weight is 516 g/mol. The zero-order chi connectivity index (χ0) is 24.4. The number of methoxy groups -OCH3 is 1. The molecule has 0 aliphatic carbocycles. The molecule has 0 spiro atoms. The Hall–Kier alpha value is -3.15. The summed E-state index contributed by atoms with van der Waals surface area (Å²) in [7, 11) is 1.61. The SMILES string of the molecule is COc1ccnc(SNc2ccc(-c3nc(OC4CCNCC4F)c4c(C)[nH]nc4n3)cc2Cl)c1. The maximum Gasteiger partial charge on any atom is 0.229 e. The lowest BCUT2D eigenvalue weighted by molar-refractivity contribution is 0.0707. The highest BCUT2D eigenvalue weighted by molar-refractivity contribution is 8.00. The highest BCUT2D eigenvalue weighted by Crippen LogP contribution is 2.34. The number of aryl methyl sites for hydroxylation is 1. The minimum atomic E-state index is -1.12. The lowest BCUT2D eigenvalue weighted by Gasteiger charge is -2.27. The number of halogens is 2. The molecule has 5 rings (SSSR count). The van der Waals surface area contributed by atoms with Crippen LogP contribution in [0.3, 0.4) is 0 Å². The fourth-order valence-corrected chi connectivity index (χ4v) is 4.70. The minimum absolute atomic E-state index is 0.253. The van der Waals surface area contributed by atoms with Crippen molar-refractivity contribution >= 4 is 40.3 Å². The first-order valence-electron chi connectivity index (χ1n) is 11.0. The van der Waals surface area contributed by atoms with Gasteiger partial charge in [0.2, 0.25) is 5.88 Å². The number of aromatic nitrogens is 5. The van der Waals surface area contributed by atoms with E-state index in [4.69, 9.17) is 21.1 Å². The number of rotatable bonds is 7. The van der Waals surface area contributed by atoms with E-state index in [1.807, 2.05) is 25.1 Å². The maximum absolute atomic E-state index is 14.4. The molecular formula is C23H23ClFN7O2S. The summed E-state index contributed by atoms with van der Waals surface area (Å²) in [6, 6.07) is 9.04. The third-order valence-corrected chi connectivity index (χ3v) is 6.67. The molecular weight excluding hydrogens is 493 g/mol. The van der Waals surface area contributed by atoms with E-state index in [1.54, 1.807) is 25.4 Å². The molecule has 1 aliphatic heterocycles. The molecule has 4 heterocycles. The molecule has 0 radical (unpaired) electrons. The molecule has 0 amide bonds. The summed E-state index contributed by atoms with van der Waals surface area (Å²) in [5.41, 5.74) is 2.59. The third-order valence-electron chi connectivity index (χ3n) is 5.61. The summed E-state index contributed by atoms with van der Waals surface area (Å²) in [6.07, 6.45) is 0.506. The number of hydrogen-bond acceptors (Lipinski definition) is 9. The van der Waals surface area contributed by atoms with Gasteiger partial charge in [0.05, 0.1) is 17.8 Å². The van der Waals surface area contributed by atoms with E-state index in [9.17, 15) is 4.39 Å². The fourth-order valence-electron chi connectivity index (χ4n) is 3.74. The number of alkyl halides is 1. The molecule has 3 N–H and O–H groups in total. The maximum atomic E-state index is 14.4. The summed E-state index contributed by atoms with van der Waals surface area (Å²) in [6.45, 7) is 2.79. The van der Waals surface area contributed by atoms with Crippen LogP contribution in [0.25, 0.3) is 22.4 Å². The van der Waals surface area contributed by atoms with Crippen LogP contribution >= 0.6 is 23.5 Å². The largest absolute Gasteiger partial charge is 0.497 e. The molecule has 9 nitrogen and oxygen atoms in total. The molecule has 1 aliphatic rings. The van der Waals surface area contributed by atoms with Crippen molar-refractivity contribution in [1.29, 1.82) is 0 Å². The number of piperidine rings is 1. The van der Waals surface area contributed by atoms with Gasteiger partial charge in [-0.25, -0.2) is 14.4 Å². The lowest BCUT2D eigenvalue weighted by Crippen LogP contribution is -2.44. The number of benzene rings is 1. The number of pyridine rings is 1. The summed E-state index contributed by atoms with van der Waals surface area (Å²) >= 11 is 7.87. The normalized spacial score (nSPS) is 17.9. The standard InChI is InChI=1S/C23H23ClFN7O2S/c1-12-20-22(31-30-12)28-21(29-23(20)34-18-6-7-26-11-16(18)25)13-3-4-17(15(24)9-13)32-35-19-10-14(33-2)5-8-27-19/h3-5,8-10,16,18,26,32H,6-7,11H2,1-2H3,(H,28,29,30,31). The average Bonchev–Trinajstić information content (AvgIpc) is 3.25. The molecule has 3 aromatic heterocycles. The molecule has 0 bridgehead atoms. The number of anilines is 1. The van der Waals surface area contributed by atoms with Gasteiger partial charge >= 0.3 is 0 Å². The van der Waals surface area contributed by atoms with Gasteiger partial charge in [-0.3, -0.25) is 5.10 Å². The summed E-state index contributed by atoms with van der Waals surface area (Å²) < 4.78 is 28.9. The zero-order valence-electron chi connectivity index (χ0n) is 19.0. The highest BCUT2D eigenvalue weighted by Gasteiger charge is 2.28. The Bertz CT molecular complexity index is 1350. The van der Waals surface area contributed by atoms with Crippen molar-refractivity contribution < 1.29 is 13.9 Å². The smallest absolute Gasteiger partial charge is 0.229 e. The van der Waals surface area contributed by atoms with Gasteiger partial charge in [0.1, 0.15) is 28.4 Å². The van der Waals surface area contributed by atoms with Crippen LogP contribution in [0.2, 0.25) is 5.02 Å². The summed E-state index contributed by atoms with van der Waals surface area (Å²) in [5.74, 6) is 1.41. The van der Waals surface area contributed by atoms with Crippen LogP contribution in [0, 0.1) is 6.92 Å². The third kappa shape index (κ3) is 5.12. The van der Waals surface area contributed by atoms with Crippen LogP contribution in [0.15, 0.2) is 41.6 Å². The number of hydrogen-bond donors (Lipinski definition) is 3. The van der Waals surface area contributed by atoms with Crippen LogP contribution in [-0.2, 0) is 0 Å². The summed E-state index contributed by atoms with van der Waals surface area (Å²) in [4.78, 5) is 13.5. The first-order chi connectivity index (χ1) is 17.0. The van der Waals surface area contributed by atoms with Crippen molar-refractivity contribution in [2.75, 3.05) is 24.9 Å². The first kappa shape index (κ1) is 23.6. The van der Waals surface area contributed by atoms with E-state index in [0.29, 0.717) is 57.7 Å². The lowest BCUT2D eigenvalue weighted by atomic mass is 10.1. The van der Waals surface area contributed by atoms with Gasteiger partial charge in [0, 0.05) is 42.0 Å². The molecule has 1 fully saturated rings. The van der Waals surface area contributed by atoms with Gasteiger partial charge in [-0.1, -0.05) is 11.6 Å². The van der Waals surface area contributed by atoms with Crippen molar-refractivity contribution in [1.82, 2.24) is 30.5 Å². The molecule has 0 saturated carbocycles. The zero-order valence-corrected chi connectivity index (χ0v) is 20.6. The second-order valence-electron chi connectivity index (χ2n) is 8.00. The van der Waals surface area contributed by atoms with Crippen LogP contribution in [-0.4, -0.2) is 57.6 Å². The predicted molar refractivity (Wildman–Crippen MR) is 134 cm³/mol. The second-order valence-corrected chi connectivity index (χ2v) is 9.23. The molecule has 182 valence electrons. The van der Waals surface area contributed by atoms with E-state index >= 15 is 0 Å². The van der Waals surface area contributed by atoms with Crippen LogP contribution in [0.1, 0.15) is 12.1 Å². The van der Waals surface area contributed by atoms with Gasteiger partial charge in [-0.2, -0.15) is 10.1 Å². The van der Waals surface area contributed by atoms with Gasteiger partial charge in [0.15, 0.2) is 11.5 Å². The van der Waals surface area contributed by atoms with Crippen LogP contribution in [0.4, 0.5) is 10.1 Å². The number of aromatic amines is 1. The number of H-pyrrole nitrogens is 1. The number of fused-ring (bicyclic) bond motifs is 1. The molecule has 2 atom stereocenters. The number of ether oxygens (including phenoxy) is 2. The summed E-state index contributed by atoms with van der Waals surface area (Å²) in [5, 5.41) is 12.1. The Kier molecular flexibility index (Phi) is 6.89. The highest BCUT2D eigenvalue weighted by atomic mass is 35.5. The molecule has 35 heavy (non-hydrogen) atoms. The van der Waals surface area contributed by atoms with E-state index < -0.39 is 12.3 Å². The monoisotopic (exact) mass is 515 g/mol. The Labute approximate surface area is 210 Å². The Morgan fingerprint density at radius 1 is 1.23 bits per heavy atom. The molecule has 1 saturated heterocycles. The van der Waals surface area contributed by atoms with Gasteiger partial charge in [-0.05, 0) is 44.2 Å². The molecule has 2 unspecified atom stereocenters. The fraction of sp³-hybridized carbons (Fsp3) is 0.304. The van der Waals surface area contributed by atoms with Gasteiger partial charge in [0.25, 0.3) is 0 Å². The van der Waals surface area contributed by atoms with Crippen LogP contribution in [0.5, 0.6) is 11.6 Å². The quantitative estimate of drug-likeness (QED) is 0.304. The number of nitrogens with zero attached hydrogens (tertiary/aromatic N) is 4. The van der Waals surface area contributed by atoms with Crippen molar-refractivity contribution in [3.63, 3.8) is 0 Å². The van der Waals surface area contributed by atoms with Crippen LogP contribution < -0.4 is 19.5 Å². The molecule has 12 heteroatoms. The van der Waals surface area contributed by atoms with E-state index in [2.05, 4.69) is 35.2 Å². The topological polar surface area (TPSA) is 110 Å². The van der Waals surface area contributed by atoms with E-state index in [1.165, 1.54) is 11.9 Å². The number of nitrogens with one attached hydrogen (secondary N) is 3. The van der Waals surface area contributed by atoms with Gasteiger partial charge in [-0.15, -0.1) is 0 Å². The molecule has 1 aromatic carbocycles. The Morgan fingerprint density at radius 2 is 2.11 bits per heavy atom. The van der Waals surface area contributed by atoms with Crippen molar-refractivity contribution in [3.05, 3.63) is 47.2 Å². The molecule has 4 aromatic rings. The van der Waals surface area contributed by atoms with E-state index in [-0.39, 0.29) is 6.54 Å². The van der Waals surface area contributed by atoms with Crippen molar-refractivity contribution in [2.45, 2.75) is 30.6 Å². The van der Waals surface area contributed by atoms with Gasteiger partial charge < -0.3 is 19.5 Å².